The van der Waals surface area contributed by atoms with Crippen molar-refractivity contribution in [2.45, 2.75) is 37.9 Å². The van der Waals surface area contributed by atoms with Gasteiger partial charge in [-0.2, -0.15) is 0 Å². The number of nitrogens with one attached hydrogen (secondary N) is 4. The van der Waals surface area contributed by atoms with E-state index in [1.807, 2.05) is 4.98 Å². The molecule has 1 aliphatic heterocycles. The number of likely N-dealkylation sites (tertiary alicyclic amines) is 1. The van der Waals surface area contributed by atoms with E-state index < -0.39 is 35.1 Å². The summed E-state index contributed by atoms with van der Waals surface area (Å²) in [5, 5.41) is 0.976. The molecule has 1 fully saturated rings. The first-order valence-corrected chi connectivity index (χ1v) is 8.50. The van der Waals surface area contributed by atoms with E-state index in [4.69, 9.17) is 7.15 Å². The number of aromatic nitrogens is 4. The Morgan fingerprint density at radius 1 is 1.41 bits per heavy atom. The highest BCUT2D eigenvalue weighted by Crippen LogP contribution is 2.19. The highest BCUT2D eigenvalue weighted by Gasteiger charge is 2.36. The minimum Gasteiger partial charge on any atom is -0.368 e. The molecule has 2 amide bonds. The molecule has 0 radical (unpaired) electrons. The van der Waals surface area contributed by atoms with Crippen LogP contribution in [0.2, 0.25) is 1.41 Å². The Hall–Kier alpha value is -3.21. The maximum absolute atomic E-state index is 13.1. The van der Waals surface area contributed by atoms with E-state index in [0.29, 0.717) is 25.1 Å². The first kappa shape index (κ1) is 17.2. The topological polar surface area (TPSA) is 170 Å². The van der Waals surface area contributed by atoms with Gasteiger partial charge in [0.05, 0.1) is 12.4 Å². The molecule has 11 heteroatoms. The van der Waals surface area contributed by atoms with Crippen LogP contribution in [0.25, 0.3) is 0 Å². The van der Waals surface area contributed by atoms with Gasteiger partial charge in [0.15, 0.2) is 0 Å². The van der Waals surface area contributed by atoms with E-state index in [1.54, 1.807) is 6.20 Å². The van der Waals surface area contributed by atoms with Gasteiger partial charge in [-0.3, -0.25) is 24.7 Å². The number of imidazole rings is 1. The fourth-order valence-corrected chi connectivity index (χ4v) is 3.17. The molecule has 2 atom stereocenters. The van der Waals surface area contributed by atoms with Gasteiger partial charge in [0.2, 0.25) is 11.8 Å². The van der Waals surface area contributed by atoms with Crippen LogP contribution in [-0.4, -0.2) is 55.3 Å². The van der Waals surface area contributed by atoms with Crippen molar-refractivity contribution in [3.8, 4) is 0 Å². The van der Waals surface area contributed by atoms with E-state index in [2.05, 4.69) is 15.0 Å². The van der Waals surface area contributed by atoms with Crippen LogP contribution in [0.3, 0.4) is 0 Å². The van der Waals surface area contributed by atoms with E-state index in [0.717, 1.165) is 11.4 Å². The summed E-state index contributed by atoms with van der Waals surface area (Å²) in [6, 6.07) is -0.518. The van der Waals surface area contributed by atoms with E-state index >= 15 is 0 Å². The Morgan fingerprint density at radius 3 is 2.89 bits per heavy atom. The normalized spacial score (nSPS) is 18.5. The smallest absolute Gasteiger partial charge is 0.325 e. The van der Waals surface area contributed by atoms with Crippen molar-refractivity contribution in [3.63, 3.8) is 0 Å². The number of H-pyrrole nitrogens is 3. The van der Waals surface area contributed by atoms with Gasteiger partial charge in [-0.05, 0) is 12.8 Å². The number of amides is 2. The van der Waals surface area contributed by atoms with Crippen LogP contribution in [0.5, 0.6) is 0 Å². The average Bonchev–Trinajstić information content (AvgIpc) is 3.29. The molecule has 3 rings (SSSR count). The lowest BCUT2D eigenvalue weighted by Gasteiger charge is -2.27. The lowest BCUT2D eigenvalue weighted by Crippen LogP contribution is -2.52. The second kappa shape index (κ2) is 7.99. The van der Waals surface area contributed by atoms with Crippen molar-refractivity contribution in [3.05, 3.63) is 50.8 Å². The zero-order chi connectivity index (χ0) is 20.3. The summed E-state index contributed by atoms with van der Waals surface area (Å²) in [7, 11) is 0. The van der Waals surface area contributed by atoms with Crippen LogP contribution < -0.4 is 22.3 Å². The highest BCUT2D eigenvalue weighted by atomic mass is 16.2. The molecule has 27 heavy (non-hydrogen) atoms. The number of hydrogen-bond acceptors (Lipinski definition) is 6. The van der Waals surface area contributed by atoms with E-state index in [-0.39, 0.29) is 18.7 Å². The third-order valence-electron chi connectivity index (χ3n) is 4.42. The van der Waals surface area contributed by atoms with Crippen molar-refractivity contribution in [1.82, 2.24) is 30.1 Å². The van der Waals surface area contributed by atoms with Crippen molar-refractivity contribution in [1.29, 1.82) is 0 Å². The summed E-state index contributed by atoms with van der Waals surface area (Å²) in [5.74, 6) is -1.00. The first-order chi connectivity index (χ1) is 13.3. The fraction of sp³-hybridized carbons (Fsp3) is 0.438. The Labute approximate surface area is 154 Å². The van der Waals surface area contributed by atoms with Crippen molar-refractivity contribution in [2.24, 2.45) is 5.73 Å². The van der Waals surface area contributed by atoms with Gasteiger partial charge in [0.25, 0.3) is 5.56 Å². The molecule has 1 aliphatic rings. The minimum absolute atomic E-state index is 0.137. The second-order valence-electron chi connectivity index (χ2n) is 6.34. The Balaban J connectivity index is 1.85. The first-order valence-electron chi connectivity index (χ1n) is 8.95. The van der Waals surface area contributed by atoms with Crippen molar-refractivity contribution in [2.75, 3.05) is 6.54 Å². The van der Waals surface area contributed by atoms with Crippen LogP contribution in [0, 0.1) is 0 Å². The van der Waals surface area contributed by atoms with Gasteiger partial charge in [0, 0.05) is 43.2 Å². The van der Waals surface area contributed by atoms with Crippen LogP contribution in [0.15, 0.2) is 28.2 Å². The zero-order valence-electron chi connectivity index (χ0n) is 15.5. The second-order valence-corrected chi connectivity index (χ2v) is 6.34. The van der Waals surface area contributed by atoms with Crippen LogP contribution >= 0.6 is 0 Å². The van der Waals surface area contributed by atoms with Crippen LogP contribution in [-0.2, 0) is 22.6 Å². The minimum atomic E-state index is -0.969. The number of aromatic amines is 3. The summed E-state index contributed by atoms with van der Waals surface area (Å²) < 4.78 is 8.38. The van der Waals surface area contributed by atoms with Gasteiger partial charge in [-0.15, -0.1) is 0 Å². The molecule has 144 valence electrons. The third kappa shape index (κ3) is 4.50. The molecule has 6 N–H and O–H groups in total. The Morgan fingerprint density at radius 2 is 2.22 bits per heavy atom. The lowest BCUT2D eigenvalue weighted by atomic mass is 10.1. The molecular formula is C16H21N7O4. The Kier molecular flexibility index (Phi) is 5.10. The SMILES string of the molecule is [2H]N(Cc1cc(=O)[nH]c(=O)[nH]1)[C@@H](Cc1cnc[nH]1)C(=O)N1CCC[C@H]1C(N)=O. The number of nitrogens with zero attached hydrogens (tertiary/aromatic N) is 2. The predicted octanol–water partition coefficient (Wildman–Crippen LogP) is -2.04. The maximum Gasteiger partial charge on any atom is 0.325 e. The number of carbonyl (C=O) groups is 2. The molecule has 1 saturated heterocycles. The summed E-state index contributed by atoms with van der Waals surface area (Å²) in [4.78, 5) is 60.4. The largest absolute Gasteiger partial charge is 0.368 e. The quantitative estimate of drug-likeness (QED) is 0.373. The molecule has 3 heterocycles. The average molecular weight is 376 g/mol. The molecule has 2 aromatic rings. The predicted molar refractivity (Wildman–Crippen MR) is 94.5 cm³/mol. The number of hydrogen-bond donors (Lipinski definition) is 5. The third-order valence-corrected chi connectivity index (χ3v) is 4.42. The molecule has 0 bridgehead atoms. The molecular weight excluding hydrogens is 354 g/mol. The van der Waals surface area contributed by atoms with Gasteiger partial charge in [-0.25, -0.2) is 9.78 Å². The van der Waals surface area contributed by atoms with Gasteiger partial charge in [-0.1, -0.05) is 0 Å². The van der Waals surface area contributed by atoms with E-state index in [1.165, 1.54) is 11.2 Å². The summed E-state index contributed by atoms with van der Waals surface area (Å²) >= 11 is 0. The Bertz CT molecular complexity index is 926. The number of rotatable bonds is 7. The molecule has 0 saturated carbocycles. The van der Waals surface area contributed by atoms with Crippen molar-refractivity contribution >= 4 is 11.8 Å². The molecule has 0 aromatic carbocycles. The monoisotopic (exact) mass is 376 g/mol. The molecule has 0 unspecified atom stereocenters. The maximum atomic E-state index is 13.1. The fourth-order valence-electron chi connectivity index (χ4n) is 3.17. The lowest BCUT2D eigenvalue weighted by molar-refractivity contribution is -0.139. The molecule has 0 aliphatic carbocycles. The standard InChI is InChI=1S/C16H21N7O4/c17-14(25)12-2-1-3-23(12)15(26)11(4-9-6-18-8-20-9)19-7-10-5-13(24)22-16(27)21-10/h5-6,8,11-12,19H,1-4,7H2,(H2,17,25)(H,18,20)(H2,21,22,24,27)/t11-,12-/m0/s1/i/hD. The summed E-state index contributed by atoms with van der Waals surface area (Å²) in [6.07, 6.45) is 4.27. The molecule has 0 spiro atoms. The summed E-state index contributed by atoms with van der Waals surface area (Å²) in [5.41, 5.74) is 4.94. The van der Waals surface area contributed by atoms with E-state index in [9.17, 15) is 19.2 Å². The van der Waals surface area contributed by atoms with Gasteiger partial charge < -0.3 is 20.6 Å². The summed E-state index contributed by atoms with van der Waals surface area (Å²) in [6.45, 7) is 0.209. The van der Waals surface area contributed by atoms with Crippen LogP contribution in [0.4, 0.5) is 0 Å². The molecule has 2 aromatic heterocycles. The van der Waals surface area contributed by atoms with Crippen molar-refractivity contribution < 1.29 is 11.0 Å². The number of carbonyl (C=O) groups excluding carboxylic acids is 2. The number of nitrogens with two attached hydrogens (primary N) is 1. The highest BCUT2D eigenvalue weighted by molar-refractivity contribution is 5.89. The van der Waals surface area contributed by atoms with Gasteiger partial charge in [0.1, 0.15) is 7.45 Å². The zero-order valence-corrected chi connectivity index (χ0v) is 14.5. The number of primary amides is 1. The van der Waals surface area contributed by atoms with Gasteiger partial charge >= 0.3 is 5.69 Å². The van der Waals surface area contributed by atoms with Crippen LogP contribution in [0.1, 0.15) is 24.2 Å². The molecule has 11 nitrogen and oxygen atoms in total.